The van der Waals surface area contributed by atoms with E-state index in [1.807, 2.05) is 0 Å². The van der Waals surface area contributed by atoms with Crippen LogP contribution in [-0.4, -0.2) is 52.3 Å². The van der Waals surface area contributed by atoms with Gasteiger partial charge in [0.2, 0.25) is 5.91 Å². The van der Waals surface area contributed by atoms with Gasteiger partial charge in [0.15, 0.2) is 11.7 Å². The van der Waals surface area contributed by atoms with Crippen LogP contribution in [0.25, 0.3) is 0 Å². The molecule has 0 spiro atoms. The molecule has 2 aromatic heterocycles. The molecule has 0 radical (unpaired) electrons. The van der Waals surface area contributed by atoms with Crippen molar-refractivity contribution in [2.24, 2.45) is 0 Å². The Bertz CT molecular complexity index is 909. The summed E-state index contributed by atoms with van der Waals surface area (Å²) in [5, 5.41) is 9.54. The molecule has 0 bridgehead atoms. The van der Waals surface area contributed by atoms with E-state index in [-0.39, 0.29) is 23.8 Å². The Morgan fingerprint density at radius 3 is 2.90 bits per heavy atom. The van der Waals surface area contributed by atoms with Crippen LogP contribution < -0.4 is 10.6 Å². The molecule has 30 heavy (non-hydrogen) atoms. The highest BCUT2D eigenvalue weighted by molar-refractivity contribution is 5.93. The molecule has 0 saturated carbocycles. The number of nitrogens with one attached hydrogen (secondary N) is 2. The number of fused-ring (bicyclic) bond motifs is 1. The second-order valence-electron chi connectivity index (χ2n) is 7.46. The Labute approximate surface area is 170 Å². The van der Waals surface area contributed by atoms with Crippen LogP contribution >= 0.6 is 0 Å². The normalized spacial score (nSPS) is 21.4. The first-order valence-corrected chi connectivity index (χ1v) is 9.85. The number of amides is 2. The zero-order chi connectivity index (χ0) is 21.3. The summed E-state index contributed by atoms with van der Waals surface area (Å²) in [6.07, 6.45) is -1.45. The molecule has 2 amide bonds. The average molecular weight is 425 g/mol. The topological polar surface area (TPSA) is 92.4 Å². The number of carbonyl (C=O) groups excluding carboxylic acids is 2. The lowest BCUT2D eigenvalue weighted by molar-refractivity contribution is -0.174. The predicted octanol–water partition coefficient (Wildman–Crippen LogP) is 2.88. The molecule has 4 heterocycles. The number of likely N-dealkylation sites (tertiary alicyclic amines) is 1. The Balaban J connectivity index is 1.42. The second-order valence-corrected chi connectivity index (χ2v) is 7.46. The second kappa shape index (κ2) is 8.04. The number of aromatic nitrogens is 2. The van der Waals surface area contributed by atoms with Crippen LogP contribution in [0.1, 0.15) is 54.0 Å². The first-order valence-electron chi connectivity index (χ1n) is 9.85. The number of carbonyl (C=O) groups is 2. The first kappa shape index (κ1) is 20.3. The Kier molecular flexibility index (Phi) is 5.44. The van der Waals surface area contributed by atoms with Crippen LogP contribution in [0.15, 0.2) is 28.9 Å². The lowest BCUT2D eigenvalue weighted by Crippen LogP contribution is -2.35. The number of anilines is 1. The van der Waals surface area contributed by atoms with Crippen LogP contribution in [0.5, 0.6) is 0 Å². The van der Waals surface area contributed by atoms with Crippen LogP contribution in [0.2, 0.25) is 0 Å². The molecule has 4 rings (SSSR count). The zero-order valence-electron chi connectivity index (χ0n) is 16.1. The molecular formula is C19H22F3N5O3. The Morgan fingerprint density at radius 2 is 2.23 bits per heavy atom. The molecule has 1 fully saturated rings. The third-order valence-electron chi connectivity index (χ3n) is 5.37. The highest BCUT2D eigenvalue weighted by atomic mass is 19.4. The number of hydrogen-bond acceptors (Lipinski definition) is 5. The van der Waals surface area contributed by atoms with E-state index in [0.717, 1.165) is 17.6 Å². The van der Waals surface area contributed by atoms with E-state index >= 15 is 0 Å². The van der Waals surface area contributed by atoms with Crippen LogP contribution in [0.3, 0.4) is 0 Å². The zero-order valence-corrected chi connectivity index (χ0v) is 16.1. The first-order chi connectivity index (χ1) is 14.3. The van der Waals surface area contributed by atoms with Crippen LogP contribution in [0, 0.1) is 0 Å². The number of furan rings is 1. The lowest BCUT2D eigenvalue weighted by Gasteiger charge is -2.32. The minimum Gasteiger partial charge on any atom is -0.467 e. The largest absolute Gasteiger partial charge is 0.467 e. The van der Waals surface area contributed by atoms with Gasteiger partial charge in [-0.3, -0.25) is 9.59 Å². The molecule has 0 aromatic carbocycles. The molecule has 162 valence electrons. The molecule has 2 atom stereocenters. The minimum absolute atomic E-state index is 0.0934. The van der Waals surface area contributed by atoms with E-state index in [1.165, 1.54) is 12.3 Å². The minimum atomic E-state index is -4.52. The van der Waals surface area contributed by atoms with Crippen molar-refractivity contribution in [3.05, 3.63) is 35.9 Å². The molecule has 0 aliphatic carbocycles. The van der Waals surface area contributed by atoms with Crippen molar-refractivity contribution in [1.82, 2.24) is 20.0 Å². The van der Waals surface area contributed by atoms with E-state index in [1.54, 1.807) is 17.0 Å². The van der Waals surface area contributed by atoms with Gasteiger partial charge in [0.05, 0.1) is 12.3 Å². The summed E-state index contributed by atoms with van der Waals surface area (Å²) in [6.45, 7) is 1.57. The summed E-state index contributed by atoms with van der Waals surface area (Å²) in [6, 6.07) is 1.99. The Hall–Kier alpha value is -2.98. The van der Waals surface area contributed by atoms with Gasteiger partial charge in [0, 0.05) is 38.5 Å². The smallest absolute Gasteiger partial charge is 0.410 e. The SMILES string of the molecule is O=C(NCCCN1CCCC1=O)c1cc2n(n1)C(C(F)(F)F)CC(c1ccco1)N2. The van der Waals surface area contributed by atoms with Gasteiger partial charge in [-0.05, 0) is 25.0 Å². The lowest BCUT2D eigenvalue weighted by atomic mass is 10.0. The van der Waals surface area contributed by atoms with E-state index < -0.39 is 24.2 Å². The van der Waals surface area contributed by atoms with E-state index in [9.17, 15) is 22.8 Å². The molecule has 11 heteroatoms. The summed E-state index contributed by atoms with van der Waals surface area (Å²) in [5.41, 5.74) is -0.0934. The number of alkyl halides is 3. The number of hydrogen-bond donors (Lipinski definition) is 2. The molecule has 2 unspecified atom stereocenters. The van der Waals surface area contributed by atoms with Gasteiger partial charge in [-0.2, -0.15) is 18.3 Å². The summed E-state index contributed by atoms with van der Waals surface area (Å²) in [7, 11) is 0. The third-order valence-corrected chi connectivity index (χ3v) is 5.37. The average Bonchev–Trinajstić information content (AvgIpc) is 3.44. The summed E-state index contributed by atoms with van der Waals surface area (Å²) in [5.74, 6) is 0.0531. The van der Waals surface area contributed by atoms with E-state index in [0.29, 0.717) is 31.7 Å². The van der Waals surface area contributed by atoms with Crippen molar-refractivity contribution in [2.75, 3.05) is 25.0 Å². The summed E-state index contributed by atoms with van der Waals surface area (Å²) >= 11 is 0. The number of nitrogens with zero attached hydrogens (tertiary/aromatic N) is 3. The van der Waals surface area contributed by atoms with Gasteiger partial charge in [-0.25, -0.2) is 4.68 Å². The van der Waals surface area contributed by atoms with Crippen LogP contribution in [-0.2, 0) is 4.79 Å². The van der Waals surface area contributed by atoms with Crippen molar-refractivity contribution >= 4 is 17.6 Å². The van der Waals surface area contributed by atoms with Crippen molar-refractivity contribution in [3.8, 4) is 0 Å². The molecule has 2 aliphatic rings. The van der Waals surface area contributed by atoms with Crippen LogP contribution in [0.4, 0.5) is 19.0 Å². The molecule has 2 aliphatic heterocycles. The van der Waals surface area contributed by atoms with Gasteiger partial charge in [-0.1, -0.05) is 0 Å². The van der Waals surface area contributed by atoms with Gasteiger partial charge < -0.3 is 20.0 Å². The number of halogens is 3. The van der Waals surface area contributed by atoms with Gasteiger partial charge in [-0.15, -0.1) is 0 Å². The highest BCUT2D eigenvalue weighted by Gasteiger charge is 2.47. The monoisotopic (exact) mass is 425 g/mol. The highest BCUT2D eigenvalue weighted by Crippen LogP contribution is 2.43. The molecule has 2 aromatic rings. The van der Waals surface area contributed by atoms with Gasteiger partial charge in [0.1, 0.15) is 11.6 Å². The molecular weight excluding hydrogens is 403 g/mol. The van der Waals surface area contributed by atoms with Crippen molar-refractivity contribution < 1.29 is 27.2 Å². The molecule has 8 nitrogen and oxygen atoms in total. The maximum Gasteiger partial charge on any atom is 0.410 e. The quantitative estimate of drug-likeness (QED) is 0.695. The van der Waals surface area contributed by atoms with E-state index in [2.05, 4.69) is 15.7 Å². The summed E-state index contributed by atoms with van der Waals surface area (Å²) < 4.78 is 46.9. The predicted molar refractivity (Wildman–Crippen MR) is 99.8 cm³/mol. The van der Waals surface area contributed by atoms with Crippen molar-refractivity contribution in [2.45, 2.75) is 43.9 Å². The number of rotatable bonds is 6. The Morgan fingerprint density at radius 1 is 1.40 bits per heavy atom. The van der Waals surface area contributed by atoms with Crippen molar-refractivity contribution in [3.63, 3.8) is 0 Å². The fraction of sp³-hybridized carbons (Fsp3) is 0.526. The molecule has 2 N–H and O–H groups in total. The maximum atomic E-state index is 13.6. The molecule has 1 saturated heterocycles. The van der Waals surface area contributed by atoms with Crippen molar-refractivity contribution in [1.29, 1.82) is 0 Å². The third kappa shape index (κ3) is 4.14. The fourth-order valence-electron chi connectivity index (χ4n) is 3.86. The fourth-order valence-corrected chi connectivity index (χ4v) is 3.86. The van der Waals surface area contributed by atoms with Gasteiger partial charge >= 0.3 is 6.18 Å². The van der Waals surface area contributed by atoms with Gasteiger partial charge in [0.25, 0.3) is 5.91 Å². The maximum absolute atomic E-state index is 13.6. The van der Waals surface area contributed by atoms with E-state index in [4.69, 9.17) is 4.42 Å². The standard InChI is InChI=1S/C19H22F3N5O3/c20-19(21,22)15-10-12(14-4-2-9-30-14)24-16-11-13(25-27(15)16)18(29)23-6-3-8-26-7-1-5-17(26)28/h2,4,9,11-12,15,24H,1,3,5-8,10H2,(H,23,29). The summed E-state index contributed by atoms with van der Waals surface area (Å²) in [4.78, 5) is 25.7.